The number of aryl methyl sites for hydroxylation is 1. The molecule has 2 rings (SSSR count). The van der Waals surface area contributed by atoms with E-state index in [4.69, 9.17) is 5.73 Å². The summed E-state index contributed by atoms with van der Waals surface area (Å²) in [6, 6.07) is 2.59. The lowest BCUT2D eigenvalue weighted by molar-refractivity contribution is 0.480. The molecule has 0 saturated heterocycles. The molecule has 0 atom stereocenters. The fourth-order valence-corrected chi connectivity index (χ4v) is 1.73. The number of hydrogen-bond donors (Lipinski definition) is 2. The number of rotatable bonds is 1. The number of fused-ring (bicyclic) bond motifs is 1. The molecule has 0 radical (unpaired) electrons. The van der Waals surface area contributed by atoms with Crippen molar-refractivity contribution in [2.45, 2.75) is 6.54 Å². The molecular formula is C10H11FN2O. The number of hydrogen-bond acceptors (Lipinski definition) is 2. The van der Waals surface area contributed by atoms with Crippen molar-refractivity contribution in [3.63, 3.8) is 0 Å². The number of aromatic hydroxyl groups is 1. The largest absolute Gasteiger partial charge is 0.507 e. The molecule has 0 aliphatic rings. The molecule has 2 aromatic rings. The zero-order chi connectivity index (χ0) is 10.3. The molecule has 0 fully saturated rings. The quantitative estimate of drug-likeness (QED) is 0.722. The van der Waals surface area contributed by atoms with E-state index in [9.17, 15) is 9.50 Å². The van der Waals surface area contributed by atoms with Crippen LogP contribution in [-0.4, -0.2) is 9.67 Å². The van der Waals surface area contributed by atoms with Crippen molar-refractivity contribution in [1.29, 1.82) is 0 Å². The standard InChI is InChI=1S/C10H11FN2O/c1-13-5-6(4-12)9-8(14)3-2-7(11)10(9)13/h2-3,5,14H,4,12H2,1H3. The first-order valence-corrected chi connectivity index (χ1v) is 4.30. The van der Waals surface area contributed by atoms with Gasteiger partial charge in [-0.05, 0) is 17.7 Å². The molecule has 0 aliphatic carbocycles. The summed E-state index contributed by atoms with van der Waals surface area (Å²) >= 11 is 0. The molecule has 0 aliphatic heterocycles. The van der Waals surface area contributed by atoms with E-state index in [1.54, 1.807) is 17.8 Å². The van der Waals surface area contributed by atoms with Gasteiger partial charge < -0.3 is 15.4 Å². The van der Waals surface area contributed by atoms with Gasteiger partial charge in [-0.2, -0.15) is 0 Å². The summed E-state index contributed by atoms with van der Waals surface area (Å²) in [5.74, 6) is -0.276. The first-order valence-electron chi connectivity index (χ1n) is 4.30. The van der Waals surface area contributed by atoms with Crippen molar-refractivity contribution in [3.05, 3.63) is 29.7 Å². The molecule has 1 aromatic carbocycles. The summed E-state index contributed by atoms with van der Waals surface area (Å²) in [6.45, 7) is 0.286. The second kappa shape index (κ2) is 2.99. The Morgan fingerprint density at radius 3 is 2.86 bits per heavy atom. The lowest BCUT2D eigenvalue weighted by atomic mass is 10.1. The van der Waals surface area contributed by atoms with Gasteiger partial charge in [0.05, 0.1) is 5.52 Å². The van der Waals surface area contributed by atoms with E-state index in [0.29, 0.717) is 10.9 Å². The van der Waals surface area contributed by atoms with Crippen molar-refractivity contribution in [2.24, 2.45) is 12.8 Å². The van der Waals surface area contributed by atoms with Crippen molar-refractivity contribution < 1.29 is 9.50 Å². The number of aromatic nitrogens is 1. The molecule has 0 saturated carbocycles. The number of nitrogens with two attached hydrogens (primary N) is 1. The number of phenolic OH excluding ortho intramolecular Hbond substituents is 1. The summed E-state index contributed by atoms with van der Waals surface area (Å²) in [7, 11) is 1.73. The Bertz CT molecular complexity index is 490. The number of phenols is 1. The minimum Gasteiger partial charge on any atom is -0.507 e. The van der Waals surface area contributed by atoms with Crippen LogP contribution < -0.4 is 5.73 Å². The monoisotopic (exact) mass is 194 g/mol. The minimum atomic E-state index is -0.347. The van der Waals surface area contributed by atoms with Crippen molar-refractivity contribution in [3.8, 4) is 5.75 Å². The summed E-state index contributed by atoms with van der Waals surface area (Å²) in [4.78, 5) is 0. The second-order valence-electron chi connectivity index (χ2n) is 3.26. The molecule has 0 amide bonds. The second-order valence-corrected chi connectivity index (χ2v) is 3.26. The third-order valence-corrected chi connectivity index (χ3v) is 2.35. The van der Waals surface area contributed by atoms with Gasteiger partial charge in [-0.3, -0.25) is 0 Å². The Balaban J connectivity index is 2.94. The predicted octanol–water partition coefficient (Wildman–Crippen LogP) is 1.48. The number of halogens is 1. The van der Waals surface area contributed by atoms with Gasteiger partial charge in [0.2, 0.25) is 0 Å². The predicted molar refractivity (Wildman–Crippen MR) is 52.4 cm³/mol. The first-order chi connectivity index (χ1) is 6.65. The zero-order valence-corrected chi connectivity index (χ0v) is 7.79. The fourth-order valence-electron chi connectivity index (χ4n) is 1.73. The van der Waals surface area contributed by atoms with E-state index in [2.05, 4.69) is 0 Å². The summed E-state index contributed by atoms with van der Waals surface area (Å²) in [6.07, 6.45) is 1.73. The fraction of sp³-hybridized carbons (Fsp3) is 0.200. The molecule has 1 heterocycles. The maximum atomic E-state index is 13.4. The van der Waals surface area contributed by atoms with Gasteiger partial charge in [-0.15, -0.1) is 0 Å². The van der Waals surface area contributed by atoms with Gasteiger partial charge >= 0.3 is 0 Å². The van der Waals surface area contributed by atoms with Gasteiger partial charge in [0, 0.05) is 25.2 Å². The van der Waals surface area contributed by atoms with Crippen LogP contribution in [0.1, 0.15) is 5.56 Å². The van der Waals surface area contributed by atoms with E-state index < -0.39 is 0 Å². The highest BCUT2D eigenvalue weighted by molar-refractivity contribution is 5.90. The maximum Gasteiger partial charge on any atom is 0.147 e. The summed E-state index contributed by atoms with van der Waals surface area (Å²) < 4.78 is 15.0. The normalized spacial score (nSPS) is 11.1. The Morgan fingerprint density at radius 1 is 1.50 bits per heavy atom. The molecule has 0 bridgehead atoms. The smallest absolute Gasteiger partial charge is 0.147 e. The molecule has 0 unspecified atom stereocenters. The molecule has 3 nitrogen and oxygen atoms in total. The Morgan fingerprint density at radius 2 is 2.21 bits per heavy atom. The van der Waals surface area contributed by atoms with Crippen LogP contribution in [0, 0.1) is 5.82 Å². The van der Waals surface area contributed by atoms with Crippen molar-refractivity contribution in [1.82, 2.24) is 4.57 Å². The first kappa shape index (κ1) is 9.02. The SMILES string of the molecule is Cn1cc(CN)c2c(O)ccc(F)c21. The van der Waals surface area contributed by atoms with E-state index >= 15 is 0 Å². The van der Waals surface area contributed by atoms with E-state index in [1.165, 1.54) is 12.1 Å². The highest BCUT2D eigenvalue weighted by Crippen LogP contribution is 2.30. The molecule has 4 heteroatoms. The lowest BCUT2D eigenvalue weighted by Crippen LogP contribution is -1.94. The van der Waals surface area contributed by atoms with Gasteiger partial charge in [-0.25, -0.2) is 4.39 Å². The third-order valence-electron chi connectivity index (χ3n) is 2.35. The summed E-state index contributed by atoms with van der Waals surface area (Å²) in [5.41, 5.74) is 6.64. The minimum absolute atomic E-state index is 0.0717. The highest BCUT2D eigenvalue weighted by atomic mass is 19.1. The van der Waals surface area contributed by atoms with Crippen LogP contribution in [0.3, 0.4) is 0 Å². The van der Waals surface area contributed by atoms with Crippen LogP contribution in [0.15, 0.2) is 18.3 Å². The third kappa shape index (κ3) is 1.08. The maximum absolute atomic E-state index is 13.4. The van der Waals surface area contributed by atoms with Gasteiger partial charge in [0.15, 0.2) is 0 Å². The van der Waals surface area contributed by atoms with Crippen LogP contribution in [0.5, 0.6) is 5.75 Å². The van der Waals surface area contributed by atoms with E-state index in [-0.39, 0.29) is 18.1 Å². The van der Waals surface area contributed by atoms with Gasteiger partial charge in [0.25, 0.3) is 0 Å². The van der Waals surface area contributed by atoms with Crippen LogP contribution >= 0.6 is 0 Å². The van der Waals surface area contributed by atoms with Crippen LogP contribution in [-0.2, 0) is 13.6 Å². The van der Waals surface area contributed by atoms with Crippen LogP contribution in [0.25, 0.3) is 10.9 Å². The average Bonchev–Trinajstić information content (AvgIpc) is 2.50. The molecule has 1 aromatic heterocycles. The highest BCUT2D eigenvalue weighted by Gasteiger charge is 2.13. The topological polar surface area (TPSA) is 51.2 Å². The Hall–Kier alpha value is -1.55. The molecule has 14 heavy (non-hydrogen) atoms. The average molecular weight is 194 g/mol. The molecule has 74 valence electrons. The number of benzene rings is 1. The van der Waals surface area contributed by atoms with Crippen molar-refractivity contribution in [2.75, 3.05) is 0 Å². The van der Waals surface area contributed by atoms with E-state index in [0.717, 1.165) is 5.56 Å². The number of nitrogens with zero attached hydrogens (tertiary/aromatic N) is 1. The van der Waals surface area contributed by atoms with Crippen molar-refractivity contribution >= 4 is 10.9 Å². The Kier molecular flexibility index (Phi) is 1.93. The van der Waals surface area contributed by atoms with Gasteiger partial charge in [0.1, 0.15) is 11.6 Å². The molecule has 0 spiro atoms. The zero-order valence-electron chi connectivity index (χ0n) is 7.79. The van der Waals surface area contributed by atoms with Crippen LogP contribution in [0.4, 0.5) is 4.39 Å². The van der Waals surface area contributed by atoms with Gasteiger partial charge in [-0.1, -0.05) is 0 Å². The molecular weight excluding hydrogens is 183 g/mol. The Labute approximate surface area is 80.6 Å². The lowest BCUT2D eigenvalue weighted by Gasteiger charge is -2.00. The van der Waals surface area contributed by atoms with E-state index in [1.807, 2.05) is 0 Å². The molecule has 3 N–H and O–H groups in total. The van der Waals surface area contributed by atoms with Crippen LogP contribution in [0.2, 0.25) is 0 Å². The summed E-state index contributed by atoms with van der Waals surface area (Å²) in [5, 5.41) is 10.1.